The molecule has 1 aliphatic rings. The van der Waals surface area contributed by atoms with E-state index in [-0.39, 0.29) is 6.10 Å². The fourth-order valence-corrected chi connectivity index (χ4v) is 2.33. The predicted octanol–water partition coefficient (Wildman–Crippen LogP) is 0.415. The van der Waals surface area contributed by atoms with E-state index in [9.17, 15) is 9.90 Å². The van der Waals surface area contributed by atoms with Crippen LogP contribution >= 0.6 is 0 Å². The van der Waals surface area contributed by atoms with E-state index in [0.29, 0.717) is 31.7 Å². The summed E-state index contributed by atoms with van der Waals surface area (Å²) >= 11 is 0. The van der Waals surface area contributed by atoms with Crippen molar-refractivity contribution in [3.8, 4) is 0 Å². The zero-order valence-corrected chi connectivity index (χ0v) is 11.1. The molecular weight excluding hydrogens is 244 g/mol. The van der Waals surface area contributed by atoms with Crippen LogP contribution in [0, 0.1) is 0 Å². The van der Waals surface area contributed by atoms with E-state index in [1.807, 2.05) is 19.1 Å². The minimum atomic E-state index is -0.832. The molecule has 1 aromatic rings. The van der Waals surface area contributed by atoms with Gasteiger partial charge in [-0.05, 0) is 18.6 Å². The summed E-state index contributed by atoms with van der Waals surface area (Å²) in [6.07, 6.45) is 0.449. The van der Waals surface area contributed by atoms with Crippen molar-refractivity contribution in [3.63, 3.8) is 0 Å². The van der Waals surface area contributed by atoms with Gasteiger partial charge in [0.15, 0.2) is 0 Å². The monoisotopic (exact) mass is 264 g/mol. The molecule has 1 amide bonds. The second-order valence-corrected chi connectivity index (χ2v) is 4.99. The summed E-state index contributed by atoms with van der Waals surface area (Å²) in [7, 11) is 0. The van der Waals surface area contributed by atoms with Crippen LogP contribution in [-0.4, -0.2) is 35.9 Å². The van der Waals surface area contributed by atoms with Crippen molar-refractivity contribution in [3.05, 3.63) is 35.4 Å². The summed E-state index contributed by atoms with van der Waals surface area (Å²) < 4.78 is 5.37. The molecule has 2 atom stereocenters. The van der Waals surface area contributed by atoms with Crippen molar-refractivity contribution < 1.29 is 14.6 Å². The topological polar surface area (TPSA) is 84.6 Å². The standard InChI is InChI=1S/C14H20N2O3/c1-10-14(18,6-7-19-10)9-16-8-11-4-2-3-5-12(11)13(15)17/h2-5,10,16,18H,6-9H2,1H3,(H2,15,17). The maximum absolute atomic E-state index is 11.3. The van der Waals surface area contributed by atoms with E-state index in [0.717, 1.165) is 5.56 Å². The van der Waals surface area contributed by atoms with Gasteiger partial charge < -0.3 is 20.9 Å². The lowest BCUT2D eigenvalue weighted by Gasteiger charge is -2.26. The summed E-state index contributed by atoms with van der Waals surface area (Å²) in [5, 5.41) is 13.5. The molecule has 104 valence electrons. The Balaban J connectivity index is 1.94. The number of carbonyl (C=O) groups is 1. The zero-order valence-electron chi connectivity index (χ0n) is 11.1. The second kappa shape index (κ2) is 5.69. The molecule has 2 rings (SSSR count). The largest absolute Gasteiger partial charge is 0.386 e. The maximum Gasteiger partial charge on any atom is 0.249 e. The van der Waals surface area contributed by atoms with Crippen molar-refractivity contribution in [1.29, 1.82) is 0 Å². The van der Waals surface area contributed by atoms with E-state index in [1.54, 1.807) is 12.1 Å². The minimum absolute atomic E-state index is 0.175. The smallest absolute Gasteiger partial charge is 0.249 e. The Kier molecular flexibility index (Phi) is 4.19. The van der Waals surface area contributed by atoms with Gasteiger partial charge in [-0.15, -0.1) is 0 Å². The summed E-state index contributed by atoms with van der Waals surface area (Å²) in [6, 6.07) is 7.20. The molecule has 1 fully saturated rings. The van der Waals surface area contributed by atoms with Gasteiger partial charge in [-0.25, -0.2) is 0 Å². The van der Waals surface area contributed by atoms with Crippen molar-refractivity contribution in [2.45, 2.75) is 31.6 Å². The summed E-state index contributed by atoms with van der Waals surface area (Å²) in [5.74, 6) is -0.436. The van der Waals surface area contributed by atoms with E-state index >= 15 is 0 Å². The number of aliphatic hydroxyl groups is 1. The van der Waals surface area contributed by atoms with Crippen LogP contribution in [0.25, 0.3) is 0 Å². The molecule has 5 nitrogen and oxygen atoms in total. The van der Waals surface area contributed by atoms with E-state index in [1.165, 1.54) is 0 Å². The lowest BCUT2D eigenvalue weighted by molar-refractivity contribution is -0.0263. The van der Waals surface area contributed by atoms with Crippen LogP contribution < -0.4 is 11.1 Å². The number of hydrogen-bond donors (Lipinski definition) is 3. The normalized spacial score (nSPS) is 26.5. The van der Waals surface area contributed by atoms with Gasteiger partial charge in [0, 0.05) is 31.7 Å². The average Bonchev–Trinajstić information content (AvgIpc) is 2.70. The third-order valence-electron chi connectivity index (χ3n) is 3.69. The van der Waals surface area contributed by atoms with Gasteiger partial charge in [-0.2, -0.15) is 0 Å². The molecular formula is C14H20N2O3. The van der Waals surface area contributed by atoms with Gasteiger partial charge in [-0.1, -0.05) is 18.2 Å². The third-order valence-corrected chi connectivity index (χ3v) is 3.69. The number of benzene rings is 1. The summed E-state index contributed by atoms with van der Waals surface area (Å²) in [6.45, 7) is 3.37. The Labute approximate surface area is 112 Å². The van der Waals surface area contributed by atoms with Crippen LogP contribution in [0.4, 0.5) is 0 Å². The van der Waals surface area contributed by atoms with Gasteiger partial charge >= 0.3 is 0 Å². The fraction of sp³-hybridized carbons (Fsp3) is 0.500. The average molecular weight is 264 g/mol. The first-order valence-corrected chi connectivity index (χ1v) is 6.45. The van der Waals surface area contributed by atoms with Crippen LogP contribution in [0.3, 0.4) is 0 Å². The zero-order chi connectivity index (χ0) is 13.9. The Bertz CT molecular complexity index is 464. The fourth-order valence-electron chi connectivity index (χ4n) is 2.33. The molecule has 1 heterocycles. The molecule has 0 aromatic heterocycles. The van der Waals surface area contributed by atoms with Gasteiger partial charge in [0.25, 0.3) is 0 Å². The van der Waals surface area contributed by atoms with Crippen LogP contribution in [0.2, 0.25) is 0 Å². The van der Waals surface area contributed by atoms with Gasteiger partial charge in [0.1, 0.15) is 5.60 Å². The lowest BCUT2D eigenvalue weighted by Crippen LogP contribution is -2.45. The maximum atomic E-state index is 11.3. The molecule has 2 unspecified atom stereocenters. The van der Waals surface area contributed by atoms with Crippen LogP contribution in [-0.2, 0) is 11.3 Å². The predicted molar refractivity (Wildman–Crippen MR) is 71.6 cm³/mol. The number of amides is 1. The van der Waals surface area contributed by atoms with E-state index in [4.69, 9.17) is 10.5 Å². The van der Waals surface area contributed by atoms with E-state index < -0.39 is 11.5 Å². The van der Waals surface area contributed by atoms with Crippen LogP contribution in [0.5, 0.6) is 0 Å². The number of ether oxygens (including phenoxy) is 1. The molecule has 0 spiro atoms. The highest BCUT2D eigenvalue weighted by Crippen LogP contribution is 2.24. The molecule has 0 aliphatic carbocycles. The Morgan fingerprint density at radius 2 is 2.32 bits per heavy atom. The Morgan fingerprint density at radius 1 is 1.58 bits per heavy atom. The van der Waals surface area contributed by atoms with Crippen LogP contribution in [0.15, 0.2) is 24.3 Å². The number of carbonyl (C=O) groups excluding carboxylic acids is 1. The number of primary amides is 1. The minimum Gasteiger partial charge on any atom is -0.386 e. The van der Waals surface area contributed by atoms with Crippen molar-refractivity contribution >= 4 is 5.91 Å². The van der Waals surface area contributed by atoms with Gasteiger partial charge in [0.2, 0.25) is 5.91 Å². The first-order valence-electron chi connectivity index (χ1n) is 6.45. The highest BCUT2D eigenvalue weighted by molar-refractivity contribution is 5.94. The molecule has 0 radical (unpaired) electrons. The number of hydrogen-bond acceptors (Lipinski definition) is 4. The molecule has 1 aliphatic heterocycles. The SMILES string of the molecule is CC1OCCC1(O)CNCc1ccccc1C(N)=O. The number of rotatable bonds is 5. The highest BCUT2D eigenvalue weighted by Gasteiger charge is 2.38. The van der Waals surface area contributed by atoms with Gasteiger partial charge in [0.05, 0.1) is 6.10 Å². The van der Waals surface area contributed by atoms with Crippen molar-refractivity contribution in [2.75, 3.05) is 13.2 Å². The first-order chi connectivity index (χ1) is 9.03. The summed E-state index contributed by atoms with van der Waals surface area (Å²) in [4.78, 5) is 11.3. The molecule has 0 bridgehead atoms. The first kappa shape index (κ1) is 14.0. The summed E-state index contributed by atoms with van der Waals surface area (Å²) in [5.41, 5.74) is 5.84. The molecule has 19 heavy (non-hydrogen) atoms. The molecule has 4 N–H and O–H groups in total. The molecule has 1 aromatic carbocycles. The molecule has 1 saturated heterocycles. The van der Waals surface area contributed by atoms with E-state index in [2.05, 4.69) is 5.32 Å². The second-order valence-electron chi connectivity index (χ2n) is 4.99. The third kappa shape index (κ3) is 3.12. The number of nitrogens with one attached hydrogen (secondary N) is 1. The highest BCUT2D eigenvalue weighted by atomic mass is 16.5. The Morgan fingerprint density at radius 3 is 2.95 bits per heavy atom. The van der Waals surface area contributed by atoms with Crippen molar-refractivity contribution in [1.82, 2.24) is 5.32 Å². The molecule has 5 heteroatoms. The number of nitrogens with two attached hydrogens (primary N) is 1. The Hall–Kier alpha value is -1.43. The quantitative estimate of drug-likeness (QED) is 0.719. The van der Waals surface area contributed by atoms with Gasteiger partial charge in [-0.3, -0.25) is 4.79 Å². The lowest BCUT2D eigenvalue weighted by atomic mass is 9.96. The van der Waals surface area contributed by atoms with Crippen molar-refractivity contribution in [2.24, 2.45) is 5.73 Å². The van der Waals surface area contributed by atoms with Crippen LogP contribution in [0.1, 0.15) is 29.3 Å². The molecule has 0 saturated carbocycles.